The summed E-state index contributed by atoms with van der Waals surface area (Å²) in [7, 11) is 0. The third-order valence-corrected chi connectivity index (χ3v) is 2.72. The SMILES string of the molecule is CCN(CC)C(=O)CNc1ncc(C)cc1[N+](=O)[O-]. The molecule has 0 unspecified atom stereocenters. The molecule has 0 atom stereocenters. The highest BCUT2D eigenvalue weighted by molar-refractivity contribution is 5.81. The van der Waals surface area contributed by atoms with E-state index in [2.05, 4.69) is 10.3 Å². The summed E-state index contributed by atoms with van der Waals surface area (Å²) in [6, 6.07) is 1.43. The Balaban J connectivity index is 2.78. The molecule has 0 saturated heterocycles. The van der Waals surface area contributed by atoms with Gasteiger partial charge in [-0.3, -0.25) is 14.9 Å². The van der Waals surface area contributed by atoms with Crippen molar-refractivity contribution >= 4 is 17.4 Å². The third kappa shape index (κ3) is 3.90. The Morgan fingerprint density at radius 2 is 2.11 bits per heavy atom. The van der Waals surface area contributed by atoms with Gasteiger partial charge in [-0.1, -0.05) is 0 Å². The van der Waals surface area contributed by atoms with Crippen molar-refractivity contribution in [3.8, 4) is 0 Å². The second-order valence-electron chi connectivity index (χ2n) is 4.06. The van der Waals surface area contributed by atoms with Crippen LogP contribution in [0.5, 0.6) is 0 Å². The zero-order chi connectivity index (χ0) is 14.4. The van der Waals surface area contributed by atoms with Crippen molar-refractivity contribution in [3.63, 3.8) is 0 Å². The van der Waals surface area contributed by atoms with Crippen molar-refractivity contribution in [2.24, 2.45) is 0 Å². The van der Waals surface area contributed by atoms with Gasteiger partial charge in [0.2, 0.25) is 11.7 Å². The molecule has 0 fully saturated rings. The number of anilines is 1. The van der Waals surface area contributed by atoms with Crippen LogP contribution in [0, 0.1) is 17.0 Å². The van der Waals surface area contributed by atoms with Gasteiger partial charge in [-0.05, 0) is 26.3 Å². The lowest BCUT2D eigenvalue weighted by atomic mass is 10.3. The van der Waals surface area contributed by atoms with Gasteiger partial charge in [0.05, 0.1) is 11.5 Å². The number of pyridine rings is 1. The monoisotopic (exact) mass is 266 g/mol. The summed E-state index contributed by atoms with van der Waals surface area (Å²) in [4.78, 5) is 27.8. The molecule has 0 saturated carbocycles. The van der Waals surface area contributed by atoms with Gasteiger partial charge < -0.3 is 10.2 Å². The molecular weight excluding hydrogens is 248 g/mol. The molecule has 1 N–H and O–H groups in total. The second kappa shape index (κ2) is 6.67. The number of nitrogens with one attached hydrogen (secondary N) is 1. The minimum Gasteiger partial charge on any atom is -0.355 e. The summed E-state index contributed by atoms with van der Waals surface area (Å²) in [5.74, 6) is 0.0118. The van der Waals surface area contributed by atoms with Crippen LogP contribution in [0.25, 0.3) is 0 Å². The first-order chi connectivity index (χ1) is 8.99. The second-order valence-corrected chi connectivity index (χ2v) is 4.06. The van der Waals surface area contributed by atoms with E-state index >= 15 is 0 Å². The van der Waals surface area contributed by atoms with Gasteiger partial charge in [0.15, 0.2) is 0 Å². The number of nitrogens with zero attached hydrogens (tertiary/aromatic N) is 3. The molecule has 0 bridgehead atoms. The predicted molar refractivity (Wildman–Crippen MR) is 72.0 cm³/mol. The Bertz CT molecular complexity index is 472. The van der Waals surface area contributed by atoms with Gasteiger partial charge in [0.25, 0.3) is 0 Å². The van der Waals surface area contributed by atoms with E-state index in [4.69, 9.17) is 0 Å². The van der Waals surface area contributed by atoms with Crippen molar-refractivity contribution in [1.29, 1.82) is 0 Å². The Morgan fingerprint density at radius 3 is 2.63 bits per heavy atom. The Kier molecular flexibility index (Phi) is 5.23. The molecule has 7 nitrogen and oxygen atoms in total. The van der Waals surface area contributed by atoms with Gasteiger partial charge in [0.1, 0.15) is 0 Å². The fourth-order valence-electron chi connectivity index (χ4n) is 1.68. The van der Waals surface area contributed by atoms with Gasteiger partial charge in [-0.15, -0.1) is 0 Å². The average Bonchev–Trinajstić information content (AvgIpc) is 2.38. The molecule has 1 heterocycles. The topological polar surface area (TPSA) is 88.4 Å². The lowest BCUT2D eigenvalue weighted by Crippen LogP contribution is -2.35. The number of aryl methyl sites for hydroxylation is 1. The van der Waals surface area contributed by atoms with Crippen LogP contribution in [-0.4, -0.2) is 40.3 Å². The van der Waals surface area contributed by atoms with Crippen molar-refractivity contribution in [2.45, 2.75) is 20.8 Å². The predicted octanol–water partition coefficient (Wildman–Crippen LogP) is 1.58. The maximum Gasteiger partial charge on any atom is 0.311 e. The number of aromatic nitrogens is 1. The molecule has 0 aliphatic rings. The van der Waals surface area contributed by atoms with Crippen LogP contribution in [0.3, 0.4) is 0 Å². The van der Waals surface area contributed by atoms with Crippen molar-refractivity contribution < 1.29 is 9.72 Å². The van der Waals surface area contributed by atoms with E-state index in [0.29, 0.717) is 18.7 Å². The highest BCUT2D eigenvalue weighted by Crippen LogP contribution is 2.22. The van der Waals surface area contributed by atoms with Crippen molar-refractivity contribution in [3.05, 3.63) is 27.9 Å². The molecular formula is C12H18N4O3. The van der Waals surface area contributed by atoms with Crippen molar-refractivity contribution in [1.82, 2.24) is 9.88 Å². The largest absolute Gasteiger partial charge is 0.355 e. The normalized spacial score (nSPS) is 10.1. The zero-order valence-electron chi connectivity index (χ0n) is 11.3. The summed E-state index contributed by atoms with van der Waals surface area (Å²) in [5, 5.41) is 13.6. The van der Waals surface area contributed by atoms with Gasteiger partial charge in [-0.25, -0.2) is 4.98 Å². The maximum atomic E-state index is 11.8. The molecule has 19 heavy (non-hydrogen) atoms. The standard InChI is InChI=1S/C12H18N4O3/c1-4-15(5-2)11(17)8-14-12-10(16(18)19)6-9(3)7-13-12/h6-7H,4-5,8H2,1-3H3,(H,13,14). The molecule has 0 aliphatic heterocycles. The average molecular weight is 266 g/mol. The van der Waals surface area contributed by atoms with Crippen LogP contribution >= 0.6 is 0 Å². The Hall–Kier alpha value is -2.18. The van der Waals surface area contributed by atoms with Crippen LogP contribution < -0.4 is 5.32 Å². The summed E-state index contributed by atoms with van der Waals surface area (Å²) in [6.45, 7) is 6.71. The highest BCUT2D eigenvalue weighted by atomic mass is 16.6. The lowest BCUT2D eigenvalue weighted by Gasteiger charge is -2.18. The molecule has 7 heteroatoms. The fraction of sp³-hybridized carbons (Fsp3) is 0.500. The van der Waals surface area contributed by atoms with E-state index in [1.807, 2.05) is 13.8 Å². The van der Waals surface area contributed by atoms with Crippen LogP contribution in [0.4, 0.5) is 11.5 Å². The van der Waals surface area contributed by atoms with Crippen LogP contribution in [0.1, 0.15) is 19.4 Å². The first kappa shape index (κ1) is 14.9. The highest BCUT2D eigenvalue weighted by Gasteiger charge is 2.17. The van der Waals surface area contributed by atoms with Gasteiger partial charge in [-0.2, -0.15) is 0 Å². The fourth-order valence-corrected chi connectivity index (χ4v) is 1.68. The molecule has 1 rings (SSSR count). The first-order valence-corrected chi connectivity index (χ1v) is 6.12. The molecule has 1 aromatic heterocycles. The minimum atomic E-state index is -0.510. The van der Waals surface area contributed by atoms with E-state index in [1.165, 1.54) is 12.3 Å². The quantitative estimate of drug-likeness (QED) is 0.623. The molecule has 1 amide bonds. The van der Waals surface area contributed by atoms with Gasteiger partial charge in [0, 0.05) is 25.4 Å². The van der Waals surface area contributed by atoms with E-state index < -0.39 is 4.92 Å². The zero-order valence-corrected chi connectivity index (χ0v) is 11.3. The number of hydrogen-bond acceptors (Lipinski definition) is 5. The summed E-state index contributed by atoms with van der Waals surface area (Å²) < 4.78 is 0. The number of amides is 1. The number of carbonyl (C=O) groups is 1. The maximum absolute atomic E-state index is 11.8. The Labute approximate surface area is 111 Å². The summed E-state index contributed by atoms with van der Waals surface area (Å²) in [5.41, 5.74) is 0.583. The minimum absolute atomic E-state index is 0.00141. The van der Waals surface area contributed by atoms with Crippen LogP contribution in [0.15, 0.2) is 12.3 Å². The first-order valence-electron chi connectivity index (χ1n) is 6.12. The van der Waals surface area contributed by atoms with E-state index in [-0.39, 0.29) is 24.0 Å². The third-order valence-electron chi connectivity index (χ3n) is 2.72. The lowest BCUT2D eigenvalue weighted by molar-refractivity contribution is -0.384. The van der Waals surface area contributed by atoms with Gasteiger partial charge >= 0.3 is 5.69 Å². The number of rotatable bonds is 6. The van der Waals surface area contributed by atoms with Crippen LogP contribution in [0.2, 0.25) is 0 Å². The molecule has 0 aromatic carbocycles. The smallest absolute Gasteiger partial charge is 0.311 e. The van der Waals surface area contributed by atoms with E-state index in [0.717, 1.165) is 0 Å². The molecule has 1 aromatic rings. The van der Waals surface area contributed by atoms with E-state index in [9.17, 15) is 14.9 Å². The molecule has 104 valence electrons. The van der Waals surface area contributed by atoms with E-state index in [1.54, 1.807) is 11.8 Å². The van der Waals surface area contributed by atoms with Crippen molar-refractivity contribution in [2.75, 3.05) is 25.0 Å². The summed E-state index contributed by atoms with van der Waals surface area (Å²) >= 11 is 0. The molecule has 0 radical (unpaired) electrons. The molecule has 0 spiro atoms. The Morgan fingerprint density at radius 1 is 1.47 bits per heavy atom. The number of nitro groups is 1. The number of likely N-dealkylation sites (N-methyl/N-ethyl adjacent to an activating group) is 1. The number of hydrogen-bond donors (Lipinski definition) is 1. The van der Waals surface area contributed by atoms with Crippen LogP contribution in [-0.2, 0) is 4.79 Å². The summed E-state index contributed by atoms with van der Waals surface area (Å²) in [6.07, 6.45) is 1.53. The number of carbonyl (C=O) groups excluding carboxylic acids is 1. The molecule has 0 aliphatic carbocycles.